The summed E-state index contributed by atoms with van der Waals surface area (Å²) in [5.41, 5.74) is 0.559. The molecular formula is C16H18FN5O5S2. The zero-order chi connectivity index (χ0) is 21.0. The van der Waals surface area contributed by atoms with E-state index in [2.05, 4.69) is 20.8 Å². The first-order valence-electron chi connectivity index (χ1n) is 8.46. The predicted molar refractivity (Wildman–Crippen MR) is 104 cm³/mol. The number of nitrogens with one attached hydrogen (secondary N) is 2. The van der Waals surface area contributed by atoms with Crippen LogP contribution in [0, 0.1) is 5.82 Å². The molecule has 1 aromatic heterocycles. The summed E-state index contributed by atoms with van der Waals surface area (Å²) in [6, 6.07) is 4.29. The first kappa shape index (κ1) is 21.2. The van der Waals surface area contributed by atoms with Crippen molar-refractivity contribution in [1.29, 1.82) is 0 Å². The van der Waals surface area contributed by atoms with Crippen molar-refractivity contribution in [1.82, 2.24) is 20.8 Å². The fourth-order valence-electron chi connectivity index (χ4n) is 2.62. The van der Waals surface area contributed by atoms with Gasteiger partial charge >= 0.3 is 6.09 Å². The zero-order valence-corrected chi connectivity index (χ0v) is 16.9. The van der Waals surface area contributed by atoms with Gasteiger partial charge in [-0.05, 0) is 18.2 Å². The number of cyclic esters (lactones) is 1. The van der Waals surface area contributed by atoms with E-state index in [0.29, 0.717) is 15.7 Å². The van der Waals surface area contributed by atoms with E-state index in [-0.39, 0.29) is 37.0 Å². The Kier molecular flexibility index (Phi) is 6.84. The molecule has 3 rings (SSSR count). The van der Waals surface area contributed by atoms with Crippen LogP contribution in [0.2, 0.25) is 0 Å². The van der Waals surface area contributed by atoms with E-state index in [1.807, 2.05) is 0 Å². The van der Waals surface area contributed by atoms with Crippen LogP contribution >= 0.6 is 11.3 Å². The summed E-state index contributed by atoms with van der Waals surface area (Å²) in [5.74, 6) is -0.911. The Morgan fingerprint density at radius 2 is 2.28 bits per heavy atom. The Bertz CT molecular complexity index is 940. The van der Waals surface area contributed by atoms with E-state index < -0.39 is 29.1 Å². The Labute approximate surface area is 171 Å². The van der Waals surface area contributed by atoms with Crippen LogP contribution in [-0.4, -0.2) is 56.0 Å². The van der Waals surface area contributed by atoms with Crippen LogP contribution in [0.3, 0.4) is 0 Å². The van der Waals surface area contributed by atoms with Crippen molar-refractivity contribution in [3.05, 3.63) is 29.0 Å². The van der Waals surface area contributed by atoms with Gasteiger partial charge in [-0.25, -0.2) is 13.4 Å². The first-order valence-corrected chi connectivity index (χ1v) is 10.6. The molecule has 2 atom stereocenters. The molecule has 1 aliphatic heterocycles. The van der Waals surface area contributed by atoms with Crippen LogP contribution < -0.4 is 15.5 Å². The first-order chi connectivity index (χ1) is 13.8. The van der Waals surface area contributed by atoms with Crippen molar-refractivity contribution in [3.63, 3.8) is 0 Å². The lowest BCUT2D eigenvalue weighted by Crippen LogP contribution is -2.33. The zero-order valence-electron chi connectivity index (χ0n) is 15.3. The number of halogens is 1. The second kappa shape index (κ2) is 9.35. The van der Waals surface area contributed by atoms with Gasteiger partial charge in [-0.1, -0.05) is 11.3 Å². The minimum absolute atomic E-state index is 0.104. The molecule has 0 spiro atoms. The second-order valence-corrected chi connectivity index (χ2v) is 8.10. The Balaban J connectivity index is 1.67. The summed E-state index contributed by atoms with van der Waals surface area (Å²) >= 11 is -0.814. The lowest BCUT2D eigenvalue weighted by molar-refractivity contribution is -0.119. The van der Waals surface area contributed by atoms with Gasteiger partial charge in [0, 0.05) is 12.5 Å². The molecule has 29 heavy (non-hydrogen) atoms. The molecule has 1 saturated heterocycles. The van der Waals surface area contributed by atoms with Crippen molar-refractivity contribution in [2.24, 2.45) is 0 Å². The number of amides is 2. The molecule has 2 heterocycles. The molecule has 2 aromatic rings. The summed E-state index contributed by atoms with van der Waals surface area (Å²) < 4.78 is 39.2. The molecule has 0 saturated carbocycles. The predicted octanol–water partition coefficient (Wildman–Crippen LogP) is 1.07. The van der Waals surface area contributed by atoms with E-state index in [9.17, 15) is 18.2 Å². The summed E-state index contributed by atoms with van der Waals surface area (Å²) in [5, 5.41) is 14.1. The number of benzene rings is 1. The maximum Gasteiger partial charge on any atom is 0.414 e. The summed E-state index contributed by atoms with van der Waals surface area (Å²) in [7, 11) is 0. The van der Waals surface area contributed by atoms with Crippen molar-refractivity contribution in [2.45, 2.75) is 19.6 Å². The van der Waals surface area contributed by atoms with Crippen LogP contribution in [0.15, 0.2) is 18.2 Å². The van der Waals surface area contributed by atoms with Crippen LogP contribution in [0.4, 0.5) is 14.9 Å². The molecule has 0 radical (unpaired) electrons. The number of hydrogen-bond acceptors (Lipinski definition) is 8. The molecule has 3 N–H and O–H groups in total. The van der Waals surface area contributed by atoms with E-state index >= 15 is 0 Å². The average Bonchev–Trinajstić information content (AvgIpc) is 3.26. The minimum atomic E-state index is -1.96. The van der Waals surface area contributed by atoms with Crippen molar-refractivity contribution in [3.8, 4) is 10.6 Å². The third kappa shape index (κ3) is 5.53. The normalized spacial score (nSPS) is 17.3. The summed E-state index contributed by atoms with van der Waals surface area (Å²) in [6.07, 6.45) is -1.13. The van der Waals surface area contributed by atoms with Gasteiger partial charge in [-0.2, -0.15) is 0 Å². The highest BCUT2D eigenvalue weighted by Crippen LogP contribution is 2.30. The average molecular weight is 443 g/mol. The monoisotopic (exact) mass is 443 g/mol. The third-order valence-corrected chi connectivity index (χ3v) is 5.32. The number of hydrogen-bond donors (Lipinski definition) is 3. The fraction of sp³-hybridized carbons (Fsp3) is 0.375. The van der Waals surface area contributed by atoms with Gasteiger partial charge in [0.2, 0.25) is 5.91 Å². The van der Waals surface area contributed by atoms with Gasteiger partial charge in [-0.3, -0.25) is 15.0 Å². The maximum atomic E-state index is 14.6. The smallest absolute Gasteiger partial charge is 0.414 e. The number of anilines is 1. The van der Waals surface area contributed by atoms with E-state index in [1.54, 1.807) is 6.07 Å². The van der Waals surface area contributed by atoms with Gasteiger partial charge in [0.15, 0.2) is 16.1 Å². The number of carbonyl (C=O) groups excluding carboxylic acids is 2. The number of aromatic nitrogens is 2. The van der Waals surface area contributed by atoms with Crippen LogP contribution in [-0.2, 0) is 27.2 Å². The highest BCUT2D eigenvalue weighted by Gasteiger charge is 2.32. The largest absolute Gasteiger partial charge is 0.442 e. The van der Waals surface area contributed by atoms with Crippen LogP contribution in [0.5, 0.6) is 0 Å². The van der Waals surface area contributed by atoms with Gasteiger partial charge in [0.1, 0.15) is 16.9 Å². The molecule has 2 amide bonds. The lowest BCUT2D eigenvalue weighted by Gasteiger charge is -2.14. The molecule has 13 heteroatoms. The minimum Gasteiger partial charge on any atom is -0.442 e. The maximum absolute atomic E-state index is 14.6. The third-order valence-electron chi connectivity index (χ3n) is 3.92. The Hall–Kier alpha value is -2.48. The Morgan fingerprint density at radius 3 is 2.97 bits per heavy atom. The molecule has 1 aromatic carbocycles. The van der Waals surface area contributed by atoms with Crippen LogP contribution in [0.1, 0.15) is 11.9 Å². The van der Waals surface area contributed by atoms with Gasteiger partial charge in [0.05, 0.1) is 31.2 Å². The topological polar surface area (TPSA) is 134 Å². The van der Waals surface area contributed by atoms with Crippen molar-refractivity contribution >= 4 is 40.1 Å². The Morgan fingerprint density at radius 1 is 1.48 bits per heavy atom. The number of rotatable bonds is 8. The van der Waals surface area contributed by atoms with E-state index in [0.717, 1.165) is 11.3 Å². The molecule has 10 nitrogen and oxygen atoms in total. The summed E-state index contributed by atoms with van der Waals surface area (Å²) in [4.78, 5) is 24.3. The fourth-order valence-corrected chi connectivity index (χ4v) is 3.73. The molecule has 1 fully saturated rings. The highest BCUT2D eigenvalue weighted by atomic mass is 32.2. The molecule has 156 valence electrons. The molecular weight excluding hydrogens is 425 g/mol. The number of nitrogens with zero attached hydrogens (tertiary/aromatic N) is 3. The van der Waals surface area contributed by atoms with Gasteiger partial charge < -0.3 is 14.6 Å². The van der Waals surface area contributed by atoms with E-state index in [4.69, 9.17) is 9.29 Å². The highest BCUT2D eigenvalue weighted by molar-refractivity contribution is 7.79. The SMILES string of the molecule is CC(=O)NC[C@H]1CN(c2ccc(-c3nnc(CNCS(=O)O)s3)c(F)c2)C(=O)O1. The second-order valence-electron chi connectivity index (χ2n) is 6.11. The standard InChI is InChI=1S/C16H18FN5O5S2/c1-9(23)19-5-11-7-22(16(24)27-11)10-2-3-12(13(17)4-10)15-21-20-14(28-15)6-18-8-29(25)26/h2-4,11,18H,5-8H2,1H3,(H,19,23)(H,25,26)/t11-/m0/s1. The summed E-state index contributed by atoms with van der Waals surface area (Å²) in [6.45, 7) is 1.98. The number of carbonyl (C=O) groups is 2. The van der Waals surface area contributed by atoms with Gasteiger partial charge in [0.25, 0.3) is 0 Å². The molecule has 0 bridgehead atoms. The molecule has 1 unspecified atom stereocenters. The van der Waals surface area contributed by atoms with E-state index in [1.165, 1.54) is 24.0 Å². The molecule has 0 aliphatic carbocycles. The van der Waals surface area contributed by atoms with Crippen molar-refractivity contribution in [2.75, 3.05) is 23.9 Å². The van der Waals surface area contributed by atoms with Gasteiger partial charge in [-0.15, -0.1) is 10.2 Å². The quantitative estimate of drug-likeness (QED) is 0.516. The van der Waals surface area contributed by atoms with Crippen molar-refractivity contribution < 1.29 is 27.5 Å². The van der Waals surface area contributed by atoms with Crippen LogP contribution in [0.25, 0.3) is 10.6 Å². The lowest BCUT2D eigenvalue weighted by atomic mass is 10.2. The molecule has 1 aliphatic rings. The number of ether oxygens (including phenoxy) is 1.